The number of nitrogens with zero attached hydrogens (tertiary/aromatic N) is 3. The number of nitrogens with one attached hydrogen (secondary N) is 1. The van der Waals surface area contributed by atoms with Crippen molar-refractivity contribution in [2.45, 2.75) is 26.3 Å². The molecule has 2 fully saturated rings. The molecule has 0 bridgehead atoms. The number of hydrogen-bond donors (Lipinski definition) is 1. The molecule has 0 spiro atoms. The van der Waals surface area contributed by atoms with Crippen molar-refractivity contribution in [3.8, 4) is 11.3 Å². The number of carbonyl (C=O) groups excluding carboxylic acids is 1. The lowest BCUT2D eigenvalue weighted by Crippen LogP contribution is -2.48. The van der Waals surface area contributed by atoms with Crippen molar-refractivity contribution >= 4 is 16.7 Å². The van der Waals surface area contributed by atoms with Crippen LogP contribution < -0.4 is 5.56 Å². The zero-order valence-corrected chi connectivity index (χ0v) is 17.2. The first-order valence-electron chi connectivity index (χ1n) is 10.7. The number of piperazine rings is 1. The third kappa shape index (κ3) is 3.75. The Balaban J connectivity index is 1.27. The van der Waals surface area contributed by atoms with Gasteiger partial charge < -0.3 is 9.88 Å². The van der Waals surface area contributed by atoms with Gasteiger partial charge in [0.25, 0.3) is 5.56 Å². The minimum absolute atomic E-state index is 0.0751. The summed E-state index contributed by atoms with van der Waals surface area (Å²) in [4.78, 5) is 36.6. The van der Waals surface area contributed by atoms with Crippen molar-refractivity contribution in [2.24, 2.45) is 5.92 Å². The molecule has 1 aromatic carbocycles. The van der Waals surface area contributed by atoms with Gasteiger partial charge in [-0.2, -0.15) is 0 Å². The van der Waals surface area contributed by atoms with Crippen LogP contribution in [0.2, 0.25) is 0 Å². The van der Waals surface area contributed by atoms with Crippen LogP contribution in [0, 0.1) is 12.8 Å². The number of hydrogen-bond acceptors (Lipinski definition) is 4. The van der Waals surface area contributed by atoms with Gasteiger partial charge in [-0.25, -0.2) is 0 Å². The highest BCUT2D eigenvalue weighted by Crippen LogP contribution is 2.31. The maximum Gasteiger partial charge on any atom is 0.256 e. The molecule has 1 aliphatic heterocycles. The zero-order chi connectivity index (χ0) is 20.7. The Morgan fingerprint density at radius 3 is 2.60 bits per heavy atom. The Bertz CT molecular complexity index is 1140. The van der Waals surface area contributed by atoms with Crippen LogP contribution in [0.25, 0.3) is 22.0 Å². The molecule has 1 aliphatic carbocycles. The summed E-state index contributed by atoms with van der Waals surface area (Å²) in [5, 5.41) is 1.68. The van der Waals surface area contributed by atoms with E-state index < -0.39 is 0 Å². The van der Waals surface area contributed by atoms with Crippen molar-refractivity contribution in [1.29, 1.82) is 0 Å². The molecule has 5 rings (SSSR count). The minimum atomic E-state index is -0.0751. The Labute approximate surface area is 175 Å². The number of pyridine rings is 2. The number of fused-ring (bicyclic) bond motifs is 1. The van der Waals surface area contributed by atoms with E-state index in [2.05, 4.69) is 14.9 Å². The average molecular weight is 402 g/mol. The summed E-state index contributed by atoms with van der Waals surface area (Å²) in [6, 6.07) is 11.8. The Morgan fingerprint density at radius 1 is 1.10 bits per heavy atom. The molecule has 3 aromatic rings. The Hall–Kier alpha value is -2.99. The summed E-state index contributed by atoms with van der Waals surface area (Å²) in [7, 11) is 0. The lowest BCUT2D eigenvalue weighted by Gasteiger charge is -2.34. The van der Waals surface area contributed by atoms with Gasteiger partial charge in [-0.1, -0.05) is 12.1 Å². The predicted molar refractivity (Wildman–Crippen MR) is 117 cm³/mol. The maximum atomic E-state index is 12.5. The van der Waals surface area contributed by atoms with Crippen molar-refractivity contribution < 1.29 is 4.79 Å². The van der Waals surface area contributed by atoms with Crippen LogP contribution in [0.3, 0.4) is 0 Å². The van der Waals surface area contributed by atoms with E-state index in [1.165, 1.54) is 0 Å². The van der Waals surface area contributed by atoms with Crippen molar-refractivity contribution in [2.75, 3.05) is 26.2 Å². The molecule has 0 atom stereocenters. The van der Waals surface area contributed by atoms with Crippen molar-refractivity contribution in [1.82, 2.24) is 19.8 Å². The van der Waals surface area contributed by atoms with Gasteiger partial charge in [0.2, 0.25) is 5.91 Å². The molecule has 1 saturated carbocycles. The first-order chi connectivity index (χ1) is 14.6. The molecule has 1 saturated heterocycles. The van der Waals surface area contributed by atoms with Gasteiger partial charge in [0.1, 0.15) is 0 Å². The van der Waals surface area contributed by atoms with Gasteiger partial charge in [-0.05, 0) is 55.0 Å². The second-order valence-electron chi connectivity index (χ2n) is 8.46. The normalized spacial score (nSPS) is 17.4. The topological polar surface area (TPSA) is 69.3 Å². The van der Waals surface area contributed by atoms with Crippen LogP contribution in [0.15, 0.2) is 47.4 Å². The number of aromatic amines is 1. The molecular formula is C24H26N4O2. The second kappa shape index (κ2) is 7.69. The van der Waals surface area contributed by atoms with E-state index >= 15 is 0 Å². The summed E-state index contributed by atoms with van der Waals surface area (Å²) >= 11 is 0. The summed E-state index contributed by atoms with van der Waals surface area (Å²) in [5.41, 5.74) is 3.70. The van der Waals surface area contributed by atoms with Crippen LogP contribution in [-0.2, 0) is 11.3 Å². The SMILES string of the molecule is Cc1cccc2c(=O)[nH]c(-c3ccc(CN4CCN(C(=O)C5CC5)CC4)nc3)cc12. The zero-order valence-electron chi connectivity index (χ0n) is 17.2. The van der Waals surface area contributed by atoms with Gasteiger partial charge in [0, 0.05) is 55.8 Å². The Kier molecular flexibility index (Phi) is 4.87. The fourth-order valence-electron chi connectivity index (χ4n) is 4.22. The monoisotopic (exact) mass is 402 g/mol. The number of H-pyrrole nitrogens is 1. The molecule has 3 heterocycles. The lowest BCUT2D eigenvalue weighted by molar-refractivity contribution is -0.134. The maximum absolute atomic E-state index is 12.5. The second-order valence-corrected chi connectivity index (χ2v) is 8.46. The average Bonchev–Trinajstić information content (AvgIpc) is 3.60. The van der Waals surface area contributed by atoms with E-state index in [4.69, 9.17) is 0 Å². The smallest absolute Gasteiger partial charge is 0.256 e. The molecule has 0 unspecified atom stereocenters. The van der Waals surface area contributed by atoms with Crippen LogP contribution in [0.1, 0.15) is 24.1 Å². The van der Waals surface area contributed by atoms with E-state index in [-0.39, 0.29) is 5.56 Å². The number of aromatic nitrogens is 2. The van der Waals surface area contributed by atoms with Gasteiger partial charge in [-0.3, -0.25) is 19.5 Å². The molecule has 0 radical (unpaired) electrons. The number of aryl methyl sites for hydroxylation is 1. The van der Waals surface area contributed by atoms with Crippen LogP contribution in [0.5, 0.6) is 0 Å². The standard InChI is InChI=1S/C24H26N4O2/c1-16-3-2-4-20-21(16)13-22(26-23(20)29)18-7-8-19(25-14-18)15-27-9-11-28(12-10-27)24(30)17-5-6-17/h2-4,7-8,13-14,17H,5-6,9-12,15H2,1H3,(H,26,29). The van der Waals surface area contributed by atoms with Crippen LogP contribution in [0.4, 0.5) is 0 Å². The molecule has 6 heteroatoms. The number of carbonyl (C=O) groups is 1. The van der Waals surface area contributed by atoms with Gasteiger partial charge in [0.05, 0.1) is 11.4 Å². The third-order valence-electron chi connectivity index (χ3n) is 6.24. The number of benzene rings is 1. The molecule has 2 aliphatic rings. The summed E-state index contributed by atoms with van der Waals surface area (Å²) in [6.45, 7) is 6.19. The van der Waals surface area contributed by atoms with E-state index in [0.717, 1.165) is 73.5 Å². The van der Waals surface area contributed by atoms with Gasteiger partial charge in [-0.15, -0.1) is 0 Å². The Morgan fingerprint density at radius 2 is 1.90 bits per heavy atom. The molecular weight excluding hydrogens is 376 g/mol. The number of amides is 1. The summed E-state index contributed by atoms with van der Waals surface area (Å²) < 4.78 is 0. The summed E-state index contributed by atoms with van der Waals surface area (Å²) in [6.07, 6.45) is 3.96. The minimum Gasteiger partial charge on any atom is -0.340 e. The van der Waals surface area contributed by atoms with Gasteiger partial charge in [0.15, 0.2) is 0 Å². The number of rotatable bonds is 4. The molecule has 2 aromatic heterocycles. The summed E-state index contributed by atoms with van der Waals surface area (Å²) in [5.74, 6) is 0.646. The lowest BCUT2D eigenvalue weighted by atomic mass is 10.0. The van der Waals surface area contributed by atoms with E-state index in [1.54, 1.807) is 0 Å². The molecule has 6 nitrogen and oxygen atoms in total. The molecule has 1 amide bonds. The largest absolute Gasteiger partial charge is 0.340 e. The quantitative estimate of drug-likeness (QED) is 0.729. The highest BCUT2D eigenvalue weighted by Gasteiger charge is 2.34. The van der Waals surface area contributed by atoms with Crippen LogP contribution in [-0.4, -0.2) is 51.9 Å². The highest BCUT2D eigenvalue weighted by molar-refractivity contribution is 5.87. The first-order valence-corrected chi connectivity index (χ1v) is 10.7. The van der Waals surface area contributed by atoms with E-state index in [9.17, 15) is 9.59 Å². The fourth-order valence-corrected chi connectivity index (χ4v) is 4.22. The van der Waals surface area contributed by atoms with Crippen molar-refractivity contribution in [3.63, 3.8) is 0 Å². The van der Waals surface area contributed by atoms with E-state index in [0.29, 0.717) is 17.2 Å². The predicted octanol–water partition coefficient (Wildman–Crippen LogP) is 2.95. The van der Waals surface area contributed by atoms with Crippen molar-refractivity contribution in [3.05, 3.63) is 64.2 Å². The van der Waals surface area contributed by atoms with E-state index in [1.807, 2.05) is 54.4 Å². The highest BCUT2D eigenvalue weighted by atomic mass is 16.2. The first kappa shape index (κ1) is 19.0. The molecule has 154 valence electrons. The fraction of sp³-hybridized carbons (Fsp3) is 0.375. The van der Waals surface area contributed by atoms with Gasteiger partial charge >= 0.3 is 0 Å². The third-order valence-corrected chi connectivity index (χ3v) is 6.24. The molecule has 1 N–H and O–H groups in total. The van der Waals surface area contributed by atoms with Crippen LogP contribution >= 0.6 is 0 Å². The molecule has 30 heavy (non-hydrogen) atoms.